The largest absolute Gasteiger partial charge is 0.507 e. The van der Waals surface area contributed by atoms with Gasteiger partial charge in [-0.25, -0.2) is 4.68 Å². The average molecular weight is 256 g/mol. The number of para-hydroxylation sites is 1. The Morgan fingerprint density at radius 2 is 2.00 bits per heavy atom. The summed E-state index contributed by atoms with van der Waals surface area (Å²) >= 11 is 0. The summed E-state index contributed by atoms with van der Waals surface area (Å²) in [5, 5.41) is 22.2. The predicted octanol–water partition coefficient (Wildman–Crippen LogP) is 2.21. The Kier molecular flexibility index (Phi) is 3.75. The van der Waals surface area contributed by atoms with Gasteiger partial charge in [-0.2, -0.15) is 5.10 Å². The van der Waals surface area contributed by atoms with E-state index in [0.29, 0.717) is 23.6 Å². The number of nitrogens with zero attached hydrogens (tertiary/aromatic N) is 4. The lowest BCUT2D eigenvalue weighted by Gasteiger charge is -2.04. The standard InChI is InChI=1S/C14H16N4O/c1-4-6-12-7-5-8-13(14(12)19)9-15-18-10(2)16-17-11(18)3/h4-5,7-9,19H,1,6H2,2-3H3/b15-9-. The fourth-order valence-electron chi connectivity index (χ4n) is 1.79. The number of aromatic hydroxyl groups is 1. The van der Waals surface area contributed by atoms with Crippen molar-refractivity contribution in [3.8, 4) is 5.75 Å². The number of hydrogen-bond donors (Lipinski definition) is 1. The lowest BCUT2D eigenvalue weighted by molar-refractivity contribution is 0.469. The molecule has 1 aromatic carbocycles. The Labute approximate surface area is 111 Å². The molecular weight excluding hydrogens is 240 g/mol. The molecule has 2 aromatic rings. The van der Waals surface area contributed by atoms with Crippen LogP contribution in [0.4, 0.5) is 0 Å². The summed E-state index contributed by atoms with van der Waals surface area (Å²) in [6.45, 7) is 7.32. The fourth-order valence-corrected chi connectivity index (χ4v) is 1.79. The number of allylic oxidation sites excluding steroid dienone is 1. The van der Waals surface area contributed by atoms with E-state index in [-0.39, 0.29) is 5.75 Å². The van der Waals surface area contributed by atoms with Crippen molar-refractivity contribution in [3.05, 3.63) is 53.6 Å². The third-order valence-corrected chi connectivity index (χ3v) is 2.78. The zero-order valence-corrected chi connectivity index (χ0v) is 11.0. The Hall–Kier alpha value is -2.43. The third-order valence-electron chi connectivity index (χ3n) is 2.78. The van der Waals surface area contributed by atoms with Crippen molar-refractivity contribution >= 4 is 6.21 Å². The van der Waals surface area contributed by atoms with Crippen molar-refractivity contribution in [3.63, 3.8) is 0 Å². The van der Waals surface area contributed by atoms with Crippen molar-refractivity contribution in [2.75, 3.05) is 0 Å². The lowest BCUT2D eigenvalue weighted by atomic mass is 10.1. The van der Waals surface area contributed by atoms with Crippen LogP contribution in [-0.4, -0.2) is 26.2 Å². The second-order valence-corrected chi connectivity index (χ2v) is 4.20. The SMILES string of the molecule is C=CCc1cccc(/C=N\n2c(C)nnc2C)c1O. The summed E-state index contributed by atoms with van der Waals surface area (Å²) in [6.07, 6.45) is 3.98. The van der Waals surface area contributed by atoms with E-state index in [9.17, 15) is 5.11 Å². The Bertz CT molecular complexity index is 609. The van der Waals surface area contributed by atoms with Crippen molar-refractivity contribution in [1.29, 1.82) is 0 Å². The number of benzene rings is 1. The van der Waals surface area contributed by atoms with Crippen LogP contribution in [0.15, 0.2) is 36.0 Å². The summed E-state index contributed by atoms with van der Waals surface area (Å²) in [5.74, 6) is 1.64. The van der Waals surface area contributed by atoms with Gasteiger partial charge in [-0.05, 0) is 31.9 Å². The van der Waals surface area contributed by atoms with Gasteiger partial charge < -0.3 is 5.11 Å². The van der Waals surface area contributed by atoms with Crippen LogP contribution >= 0.6 is 0 Å². The van der Waals surface area contributed by atoms with Crippen molar-refractivity contribution in [2.45, 2.75) is 20.3 Å². The number of rotatable bonds is 4. The number of aromatic nitrogens is 3. The van der Waals surface area contributed by atoms with E-state index in [0.717, 1.165) is 5.56 Å². The zero-order chi connectivity index (χ0) is 13.8. The maximum atomic E-state index is 10.1. The molecule has 0 amide bonds. The molecule has 5 heteroatoms. The maximum absolute atomic E-state index is 10.1. The van der Waals surface area contributed by atoms with Gasteiger partial charge in [-0.3, -0.25) is 0 Å². The Balaban J connectivity index is 2.34. The molecule has 5 nitrogen and oxygen atoms in total. The lowest BCUT2D eigenvalue weighted by Crippen LogP contribution is -1.97. The van der Waals surface area contributed by atoms with Gasteiger partial charge in [0.05, 0.1) is 6.21 Å². The van der Waals surface area contributed by atoms with E-state index in [1.807, 2.05) is 26.0 Å². The average Bonchev–Trinajstić information content (AvgIpc) is 2.71. The summed E-state index contributed by atoms with van der Waals surface area (Å²) in [5.41, 5.74) is 1.49. The maximum Gasteiger partial charge on any atom is 0.151 e. The molecular formula is C14H16N4O. The molecule has 1 aromatic heterocycles. The van der Waals surface area contributed by atoms with E-state index < -0.39 is 0 Å². The molecule has 0 atom stereocenters. The monoisotopic (exact) mass is 256 g/mol. The van der Waals surface area contributed by atoms with Gasteiger partial charge >= 0.3 is 0 Å². The molecule has 0 unspecified atom stereocenters. The minimum Gasteiger partial charge on any atom is -0.507 e. The number of hydrogen-bond acceptors (Lipinski definition) is 4. The van der Waals surface area contributed by atoms with Crippen LogP contribution in [0.3, 0.4) is 0 Å². The predicted molar refractivity (Wildman–Crippen MR) is 74.5 cm³/mol. The highest BCUT2D eigenvalue weighted by molar-refractivity contribution is 5.84. The highest BCUT2D eigenvalue weighted by atomic mass is 16.3. The van der Waals surface area contributed by atoms with E-state index >= 15 is 0 Å². The highest BCUT2D eigenvalue weighted by Gasteiger charge is 2.05. The Morgan fingerprint density at radius 3 is 2.63 bits per heavy atom. The molecule has 98 valence electrons. The molecule has 0 spiro atoms. The second-order valence-electron chi connectivity index (χ2n) is 4.20. The first-order valence-corrected chi connectivity index (χ1v) is 5.98. The van der Waals surface area contributed by atoms with Crippen LogP contribution in [0, 0.1) is 13.8 Å². The van der Waals surface area contributed by atoms with Crippen LogP contribution in [0.1, 0.15) is 22.8 Å². The van der Waals surface area contributed by atoms with Gasteiger partial charge in [0.25, 0.3) is 0 Å². The van der Waals surface area contributed by atoms with Gasteiger partial charge in [0.2, 0.25) is 0 Å². The molecule has 0 aliphatic heterocycles. The van der Waals surface area contributed by atoms with Crippen LogP contribution < -0.4 is 0 Å². The second kappa shape index (κ2) is 5.48. The zero-order valence-electron chi connectivity index (χ0n) is 11.0. The molecule has 0 aliphatic rings. The molecule has 0 fully saturated rings. The normalized spacial score (nSPS) is 11.1. The van der Waals surface area contributed by atoms with Crippen LogP contribution in [-0.2, 0) is 6.42 Å². The number of phenols is 1. The van der Waals surface area contributed by atoms with E-state index in [4.69, 9.17) is 0 Å². The molecule has 0 saturated carbocycles. The number of aryl methyl sites for hydroxylation is 2. The first-order chi connectivity index (χ1) is 9.13. The van der Waals surface area contributed by atoms with Gasteiger partial charge in [-0.1, -0.05) is 18.2 Å². The molecule has 0 saturated heterocycles. The minimum absolute atomic E-state index is 0.231. The summed E-state index contributed by atoms with van der Waals surface area (Å²) < 4.78 is 1.62. The van der Waals surface area contributed by atoms with Crippen LogP contribution in [0.25, 0.3) is 0 Å². The highest BCUT2D eigenvalue weighted by Crippen LogP contribution is 2.21. The molecule has 0 bridgehead atoms. The van der Waals surface area contributed by atoms with E-state index in [1.54, 1.807) is 23.0 Å². The fraction of sp³-hybridized carbons (Fsp3) is 0.214. The van der Waals surface area contributed by atoms with Gasteiger partial charge in [0, 0.05) is 5.56 Å². The summed E-state index contributed by atoms with van der Waals surface area (Å²) in [7, 11) is 0. The van der Waals surface area contributed by atoms with Crippen molar-refractivity contribution < 1.29 is 5.11 Å². The van der Waals surface area contributed by atoms with E-state index in [2.05, 4.69) is 21.9 Å². The number of phenolic OH excluding ortho intramolecular Hbond substituents is 1. The Morgan fingerprint density at radius 1 is 1.32 bits per heavy atom. The van der Waals surface area contributed by atoms with Gasteiger partial charge in [0.1, 0.15) is 5.75 Å². The molecule has 0 aliphatic carbocycles. The molecule has 2 rings (SSSR count). The summed E-state index contributed by atoms with van der Waals surface area (Å²) in [6, 6.07) is 5.55. The molecule has 19 heavy (non-hydrogen) atoms. The first kappa shape index (κ1) is 13.0. The van der Waals surface area contributed by atoms with Crippen molar-refractivity contribution in [2.24, 2.45) is 5.10 Å². The van der Waals surface area contributed by atoms with Crippen LogP contribution in [0.5, 0.6) is 5.75 Å². The van der Waals surface area contributed by atoms with Crippen molar-refractivity contribution in [1.82, 2.24) is 14.9 Å². The van der Waals surface area contributed by atoms with E-state index in [1.165, 1.54) is 0 Å². The smallest absolute Gasteiger partial charge is 0.151 e. The first-order valence-electron chi connectivity index (χ1n) is 5.98. The molecule has 0 radical (unpaired) electrons. The van der Waals surface area contributed by atoms with Crippen LogP contribution in [0.2, 0.25) is 0 Å². The molecule has 1 heterocycles. The van der Waals surface area contributed by atoms with Gasteiger partial charge in [-0.15, -0.1) is 16.8 Å². The third kappa shape index (κ3) is 2.70. The topological polar surface area (TPSA) is 63.3 Å². The van der Waals surface area contributed by atoms with Gasteiger partial charge in [0.15, 0.2) is 11.6 Å². The summed E-state index contributed by atoms with van der Waals surface area (Å²) in [4.78, 5) is 0. The minimum atomic E-state index is 0.231. The quantitative estimate of drug-likeness (QED) is 0.674. The molecule has 1 N–H and O–H groups in total.